The van der Waals surface area contributed by atoms with E-state index in [0.717, 1.165) is 19.6 Å². The van der Waals surface area contributed by atoms with Gasteiger partial charge in [0.2, 0.25) is 0 Å². The molecule has 0 radical (unpaired) electrons. The van der Waals surface area contributed by atoms with Gasteiger partial charge < -0.3 is 9.47 Å². The highest BCUT2D eigenvalue weighted by Crippen LogP contribution is 2.41. The molecule has 2 fully saturated rings. The maximum atomic E-state index is 5.34. The molecule has 0 amide bonds. The number of ether oxygens (including phenoxy) is 2. The third-order valence-corrected chi connectivity index (χ3v) is 1.95. The molecule has 0 unspecified atom stereocenters. The van der Waals surface area contributed by atoms with Crippen LogP contribution in [0.15, 0.2) is 0 Å². The Balaban J connectivity index is 2.04. The maximum absolute atomic E-state index is 5.34. The lowest BCUT2D eigenvalue weighted by molar-refractivity contribution is 0.0798. The van der Waals surface area contributed by atoms with E-state index < -0.39 is 0 Å². The zero-order valence-corrected chi connectivity index (χ0v) is 5.02. The highest BCUT2D eigenvalue weighted by Gasteiger charge is 2.53. The van der Waals surface area contributed by atoms with Crippen LogP contribution in [0.1, 0.15) is 13.3 Å². The molecule has 2 saturated heterocycles. The molecule has 0 bridgehead atoms. The lowest BCUT2D eigenvalue weighted by atomic mass is 10.1. The molecular formula is C6H10O2. The third kappa shape index (κ3) is 0.501. The van der Waals surface area contributed by atoms with Gasteiger partial charge in [-0.25, -0.2) is 0 Å². The molecule has 0 aromatic rings. The van der Waals surface area contributed by atoms with Gasteiger partial charge in [-0.2, -0.15) is 0 Å². The number of hydrogen-bond acceptors (Lipinski definition) is 2. The van der Waals surface area contributed by atoms with Crippen LogP contribution in [0.5, 0.6) is 0 Å². The molecule has 0 aromatic heterocycles. The van der Waals surface area contributed by atoms with Crippen LogP contribution in [0.4, 0.5) is 0 Å². The Kier molecular flexibility index (Phi) is 0.746. The minimum Gasteiger partial charge on any atom is -0.378 e. The van der Waals surface area contributed by atoms with Crippen LogP contribution < -0.4 is 0 Å². The molecule has 8 heavy (non-hydrogen) atoms. The summed E-state index contributed by atoms with van der Waals surface area (Å²) in [5.41, 5.74) is 0.123. The molecule has 2 heteroatoms. The smallest absolute Gasteiger partial charge is 0.115 e. The maximum Gasteiger partial charge on any atom is 0.115 e. The van der Waals surface area contributed by atoms with Gasteiger partial charge in [0.05, 0.1) is 12.7 Å². The second kappa shape index (κ2) is 1.25. The Hall–Kier alpha value is -0.0800. The highest BCUT2D eigenvalue weighted by molar-refractivity contribution is 5.00. The summed E-state index contributed by atoms with van der Waals surface area (Å²) in [6.45, 7) is 3.80. The predicted octanol–water partition coefficient (Wildman–Crippen LogP) is 0.564. The zero-order chi connectivity index (χ0) is 5.61. The van der Waals surface area contributed by atoms with Crippen LogP contribution in [0.2, 0.25) is 0 Å². The average Bonchev–Trinajstić information content (AvgIpc) is 2.39. The molecule has 2 aliphatic rings. The predicted molar refractivity (Wildman–Crippen MR) is 28.7 cm³/mol. The number of hydrogen-bond donors (Lipinski definition) is 0. The van der Waals surface area contributed by atoms with Gasteiger partial charge in [0.1, 0.15) is 5.60 Å². The van der Waals surface area contributed by atoms with Crippen molar-refractivity contribution in [3.63, 3.8) is 0 Å². The lowest BCUT2D eigenvalue weighted by Gasteiger charge is -2.11. The molecular weight excluding hydrogens is 104 g/mol. The summed E-state index contributed by atoms with van der Waals surface area (Å²) >= 11 is 0. The van der Waals surface area contributed by atoms with Crippen LogP contribution in [-0.2, 0) is 9.47 Å². The first-order chi connectivity index (χ1) is 3.81. The first kappa shape index (κ1) is 4.77. The van der Waals surface area contributed by atoms with Crippen LogP contribution in [0, 0.1) is 0 Å². The average molecular weight is 114 g/mol. The van der Waals surface area contributed by atoms with Crippen LogP contribution >= 0.6 is 0 Å². The zero-order valence-electron chi connectivity index (χ0n) is 5.02. The van der Waals surface area contributed by atoms with Crippen molar-refractivity contribution >= 4 is 0 Å². The van der Waals surface area contributed by atoms with Crippen molar-refractivity contribution in [1.29, 1.82) is 0 Å². The normalized spacial score (nSPS) is 52.9. The Labute approximate surface area is 48.8 Å². The summed E-state index contributed by atoms with van der Waals surface area (Å²) in [5, 5.41) is 0. The van der Waals surface area contributed by atoms with E-state index in [9.17, 15) is 0 Å². The summed E-state index contributed by atoms with van der Waals surface area (Å²) in [7, 11) is 0. The fourth-order valence-electron chi connectivity index (χ4n) is 1.25. The van der Waals surface area contributed by atoms with Crippen molar-refractivity contribution in [3.05, 3.63) is 0 Å². The quantitative estimate of drug-likeness (QED) is 0.429. The lowest BCUT2D eigenvalue weighted by Crippen LogP contribution is -2.24. The fraction of sp³-hybridized carbons (Fsp3) is 1.00. The third-order valence-electron chi connectivity index (χ3n) is 1.95. The molecule has 0 aromatic carbocycles. The van der Waals surface area contributed by atoms with E-state index in [1.165, 1.54) is 0 Å². The molecule has 2 rings (SSSR count). The molecule has 2 nitrogen and oxygen atoms in total. The standard InChI is InChI=1S/C6H10O2/c1-6-4-7-3-2-5(6)8-6/h5H,2-4H2,1H3/t5-,6-/m0/s1. The summed E-state index contributed by atoms with van der Waals surface area (Å²) in [5.74, 6) is 0. The van der Waals surface area contributed by atoms with Gasteiger partial charge in [0, 0.05) is 6.61 Å². The monoisotopic (exact) mass is 114 g/mol. The molecule has 0 saturated carbocycles. The second-order valence-electron chi connectivity index (χ2n) is 2.76. The van der Waals surface area contributed by atoms with Gasteiger partial charge in [-0.15, -0.1) is 0 Å². The van der Waals surface area contributed by atoms with Gasteiger partial charge in [0.15, 0.2) is 0 Å². The molecule has 2 heterocycles. The van der Waals surface area contributed by atoms with Gasteiger partial charge in [-0.05, 0) is 13.3 Å². The summed E-state index contributed by atoms with van der Waals surface area (Å²) in [4.78, 5) is 0. The Morgan fingerprint density at radius 3 is 3.00 bits per heavy atom. The van der Waals surface area contributed by atoms with E-state index in [1.54, 1.807) is 0 Å². The number of fused-ring (bicyclic) bond motifs is 1. The molecule has 2 atom stereocenters. The van der Waals surface area contributed by atoms with Gasteiger partial charge in [-0.3, -0.25) is 0 Å². The molecule has 46 valence electrons. The topological polar surface area (TPSA) is 21.8 Å². The van der Waals surface area contributed by atoms with Crippen LogP contribution in [0.3, 0.4) is 0 Å². The van der Waals surface area contributed by atoms with Crippen molar-refractivity contribution in [1.82, 2.24) is 0 Å². The number of rotatable bonds is 0. The minimum atomic E-state index is 0.123. The molecule has 0 aliphatic carbocycles. The summed E-state index contributed by atoms with van der Waals surface area (Å²) in [6.07, 6.45) is 1.62. The molecule has 0 spiro atoms. The van der Waals surface area contributed by atoms with Gasteiger partial charge >= 0.3 is 0 Å². The largest absolute Gasteiger partial charge is 0.378 e. The molecule has 2 aliphatic heterocycles. The Bertz CT molecular complexity index is 111. The van der Waals surface area contributed by atoms with Crippen molar-refractivity contribution in [3.8, 4) is 0 Å². The minimum absolute atomic E-state index is 0.123. The van der Waals surface area contributed by atoms with E-state index in [1.807, 2.05) is 0 Å². The number of epoxide rings is 1. The van der Waals surface area contributed by atoms with Crippen LogP contribution in [0.25, 0.3) is 0 Å². The van der Waals surface area contributed by atoms with Crippen molar-refractivity contribution in [2.24, 2.45) is 0 Å². The Morgan fingerprint density at radius 1 is 1.62 bits per heavy atom. The fourth-order valence-corrected chi connectivity index (χ4v) is 1.25. The van der Waals surface area contributed by atoms with Gasteiger partial charge in [0.25, 0.3) is 0 Å². The van der Waals surface area contributed by atoms with E-state index in [0.29, 0.717) is 6.10 Å². The SMILES string of the molecule is C[C@]12COCC[C@@H]1O2. The van der Waals surface area contributed by atoms with Crippen molar-refractivity contribution < 1.29 is 9.47 Å². The Morgan fingerprint density at radius 2 is 2.50 bits per heavy atom. The summed E-state index contributed by atoms with van der Waals surface area (Å²) < 4.78 is 10.5. The van der Waals surface area contributed by atoms with E-state index in [-0.39, 0.29) is 5.60 Å². The van der Waals surface area contributed by atoms with E-state index in [4.69, 9.17) is 9.47 Å². The van der Waals surface area contributed by atoms with Gasteiger partial charge in [-0.1, -0.05) is 0 Å². The van der Waals surface area contributed by atoms with Crippen LogP contribution in [-0.4, -0.2) is 24.9 Å². The first-order valence-electron chi connectivity index (χ1n) is 3.07. The highest BCUT2D eigenvalue weighted by atomic mass is 16.6. The van der Waals surface area contributed by atoms with E-state index in [2.05, 4.69) is 6.92 Å². The van der Waals surface area contributed by atoms with E-state index >= 15 is 0 Å². The van der Waals surface area contributed by atoms with Crippen molar-refractivity contribution in [2.75, 3.05) is 13.2 Å². The second-order valence-corrected chi connectivity index (χ2v) is 2.76. The first-order valence-corrected chi connectivity index (χ1v) is 3.07. The molecule has 0 N–H and O–H groups in total. The van der Waals surface area contributed by atoms with Crippen molar-refractivity contribution in [2.45, 2.75) is 25.0 Å². The summed E-state index contributed by atoms with van der Waals surface area (Å²) in [6, 6.07) is 0.